The second-order valence-corrected chi connectivity index (χ2v) is 8.33. The van der Waals surface area contributed by atoms with E-state index >= 15 is 0 Å². The van der Waals surface area contributed by atoms with Gasteiger partial charge >= 0.3 is 0 Å². The van der Waals surface area contributed by atoms with Crippen molar-refractivity contribution in [2.24, 2.45) is 10.1 Å². The van der Waals surface area contributed by atoms with Crippen LogP contribution in [0.1, 0.15) is 10.4 Å². The third kappa shape index (κ3) is 3.58. The summed E-state index contributed by atoms with van der Waals surface area (Å²) in [6.07, 6.45) is 2.38. The van der Waals surface area contributed by atoms with E-state index < -0.39 is 5.91 Å². The molecule has 2 aromatic rings. The molecule has 3 heterocycles. The number of thiophene rings is 1. The smallest absolute Gasteiger partial charge is 0.283 e. The Labute approximate surface area is 165 Å². The number of nitrogens with one attached hydrogen (secondary N) is 1. The van der Waals surface area contributed by atoms with Gasteiger partial charge in [-0.15, -0.1) is 11.3 Å². The van der Waals surface area contributed by atoms with Gasteiger partial charge in [0.05, 0.1) is 5.57 Å². The van der Waals surface area contributed by atoms with Gasteiger partial charge in [0.25, 0.3) is 5.91 Å². The first-order valence-electron chi connectivity index (χ1n) is 8.30. The molecule has 27 heavy (non-hydrogen) atoms. The van der Waals surface area contributed by atoms with E-state index in [-0.39, 0.29) is 11.4 Å². The first-order chi connectivity index (χ1) is 13.0. The van der Waals surface area contributed by atoms with E-state index in [1.54, 1.807) is 17.4 Å². The van der Waals surface area contributed by atoms with Crippen LogP contribution in [0.4, 0.5) is 5.69 Å². The van der Waals surface area contributed by atoms with Gasteiger partial charge in [-0.25, -0.2) is 0 Å². The van der Waals surface area contributed by atoms with Crippen molar-refractivity contribution in [2.75, 3.05) is 19.0 Å². The lowest BCUT2D eigenvalue weighted by molar-refractivity contribution is -0.114. The van der Waals surface area contributed by atoms with Crippen molar-refractivity contribution in [1.82, 2.24) is 5.01 Å². The van der Waals surface area contributed by atoms with Crippen LogP contribution in [0.25, 0.3) is 6.08 Å². The summed E-state index contributed by atoms with van der Waals surface area (Å²) in [6, 6.07) is 11.8. The fourth-order valence-electron chi connectivity index (χ4n) is 2.70. The van der Waals surface area contributed by atoms with E-state index in [0.29, 0.717) is 11.6 Å². The van der Waals surface area contributed by atoms with Gasteiger partial charge in [0, 0.05) is 31.1 Å². The Hall–Kier alpha value is -2.71. The number of amidine groups is 2. The van der Waals surface area contributed by atoms with Gasteiger partial charge in [0.2, 0.25) is 5.17 Å². The van der Waals surface area contributed by atoms with Crippen LogP contribution in [0.2, 0.25) is 0 Å². The molecule has 0 atom stereocenters. The van der Waals surface area contributed by atoms with E-state index in [0.717, 1.165) is 16.3 Å². The quantitative estimate of drug-likeness (QED) is 0.802. The molecule has 6 nitrogen and oxygen atoms in total. The Morgan fingerprint density at radius 2 is 2.00 bits per heavy atom. The van der Waals surface area contributed by atoms with E-state index in [1.165, 1.54) is 21.6 Å². The topological polar surface area (TPSA) is 72.1 Å². The lowest BCUT2D eigenvalue weighted by Gasteiger charge is -2.20. The molecule has 2 aliphatic rings. The predicted molar refractivity (Wildman–Crippen MR) is 114 cm³/mol. The average molecular weight is 396 g/mol. The molecule has 1 N–H and O–H groups in total. The number of thioether (sulfide) groups is 1. The van der Waals surface area contributed by atoms with Crippen LogP contribution >= 0.6 is 23.1 Å². The summed E-state index contributed by atoms with van der Waals surface area (Å²) < 4.78 is 0. The maximum atomic E-state index is 12.5. The van der Waals surface area contributed by atoms with Crippen LogP contribution in [-0.4, -0.2) is 41.1 Å². The Balaban J connectivity index is 1.59. The third-order valence-corrected chi connectivity index (χ3v) is 5.91. The number of hydrogen-bond acceptors (Lipinski definition) is 6. The lowest BCUT2D eigenvalue weighted by atomic mass is 10.1. The van der Waals surface area contributed by atoms with Crippen LogP contribution in [0, 0.1) is 5.41 Å². The van der Waals surface area contributed by atoms with Gasteiger partial charge < -0.3 is 4.90 Å². The summed E-state index contributed by atoms with van der Waals surface area (Å²) in [5.74, 6) is -0.335. The average Bonchev–Trinajstić information content (AvgIpc) is 3.29. The molecule has 8 heteroatoms. The highest BCUT2D eigenvalue weighted by atomic mass is 32.2. The summed E-state index contributed by atoms with van der Waals surface area (Å²) in [7, 11) is 3.95. The Kier molecular flexibility index (Phi) is 4.67. The molecule has 0 saturated heterocycles. The number of amides is 1. The number of hydrazone groups is 1. The molecule has 0 saturated carbocycles. The number of carbonyl (C=O) groups is 1. The van der Waals surface area contributed by atoms with Crippen molar-refractivity contribution in [1.29, 1.82) is 5.41 Å². The Bertz CT molecular complexity index is 988. The SMILES string of the molecule is CN(C)c1ccc(/C=C2\C(=N)N3N=C(Cc4cccs4)SC3=NC2=O)cc1. The van der Waals surface area contributed by atoms with Crippen molar-refractivity contribution in [3.63, 3.8) is 0 Å². The number of fused-ring (bicyclic) bond motifs is 1. The highest BCUT2D eigenvalue weighted by Gasteiger charge is 2.35. The first-order valence-corrected chi connectivity index (χ1v) is 10.00. The molecular formula is C19H17N5OS2. The Morgan fingerprint density at radius 1 is 1.22 bits per heavy atom. The van der Waals surface area contributed by atoms with E-state index in [1.807, 2.05) is 60.8 Å². The number of carbonyl (C=O) groups excluding carboxylic acids is 1. The van der Waals surface area contributed by atoms with Crippen LogP contribution < -0.4 is 4.90 Å². The zero-order chi connectivity index (χ0) is 19.0. The summed E-state index contributed by atoms with van der Waals surface area (Å²) in [5, 5.41) is 17.7. The third-order valence-electron chi connectivity index (χ3n) is 4.12. The number of hydrogen-bond donors (Lipinski definition) is 1. The molecule has 0 aliphatic carbocycles. The summed E-state index contributed by atoms with van der Waals surface area (Å²) in [6.45, 7) is 0. The van der Waals surface area contributed by atoms with E-state index in [4.69, 9.17) is 5.41 Å². The molecule has 1 amide bonds. The second-order valence-electron chi connectivity index (χ2n) is 6.26. The van der Waals surface area contributed by atoms with Crippen LogP contribution in [0.15, 0.2) is 57.4 Å². The van der Waals surface area contributed by atoms with Gasteiger partial charge in [-0.05, 0) is 47.0 Å². The molecule has 0 unspecified atom stereocenters. The van der Waals surface area contributed by atoms with Crippen molar-refractivity contribution in [3.8, 4) is 0 Å². The maximum Gasteiger partial charge on any atom is 0.283 e. The molecule has 136 valence electrons. The molecule has 0 bridgehead atoms. The molecule has 1 aromatic heterocycles. The van der Waals surface area contributed by atoms with Crippen molar-refractivity contribution < 1.29 is 4.79 Å². The van der Waals surface area contributed by atoms with Crippen molar-refractivity contribution in [3.05, 3.63) is 57.8 Å². The van der Waals surface area contributed by atoms with Gasteiger partial charge in [-0.1, -0.05) is 18.2 Å². The maximum absolute atomic E-state index is 12.5. The monoisotopic (exact) mass is 395 g/mol. The molecule has 1 aromatic carbocycles. The first kappa shape index (κ1) is 17.7. The van der Waals surface area contributed by atoms with E-state index in [2.05, 4.69) is 10.1 Å². The summed E-state index contributed by atoms with van der Waals surface area (Å²) >= 11 is 3.01. The molecule has 2 aliphatic heterocycles. The normalized spacial score (nSPS) is 17.9. The predicted octanol–water partition coefficient (Wildman–Crippen LogP) is 3.68. The summed E-state index contributed by atoms with van der Waals surface area (Å²) in [5.41, 5.74) is 2.17. The highest BCUT2D eigenvalue weighted by molar-refractivity contribution is 8.27. The van der Waals surface area contributed by atoms with Crippen LogP contribution in [-0.2, 0) is 11.2 Å². The minimum atomic E-state index is -0.400. The number of anilines is 1. The number of aliphatic imine (C=N–C) groups is 1. The van der Waals surface area contributed by atoms with E-state index in [9.17, 15) is 4.79 Å². The lowest BCUT2D eigenvalue weighted by Crippen LogP contribution is -2.35. The van der Waals surface area contributed by atoms with Crippen molar-refractivity contribution in [2.45, 2.75) is 6.42 Å². The summed E-state index contributed by atoms with van der Waals surface area (Å²) in [4.78, 5) is 19.8. The second kappa shape index (κ2) is 7.13. The minimum absolute atomic E-state index is 0.0652. The number of nitrogens with zero attached hydrogens (tertiary/aromatic N) is 4. The highest BCUT2D eigenvalue weighted by Crippen LogP contribution is 2.30. The van der Waals surface area contributed by atoms with Crippen LogP contribution in [0.3, 0.4) is 0 Å². The van der Waals surface area contributed by atoms with Crippen LogP contribution in [0.5, 0.6) is 0 Å². The zero-order valence-electron chi connectivity index (χ0n) is 14.8. The Morgan fingerprint density at radius 3 is 2.67 bits per heavy atom. The molecule has 0 radical (unpaired) electrons. The molecule has 4 rings (SSSR count). The molecule has 0 fully saturated rings. The van der Waals surface area contributed by atoms with Gasteiger partial charge in [0.15, 0.2) is 5.84 Å². The fourth-order valence-corrected chi connectivity index (χ4v) is 4.41. The standard InChI is InChI=1S/C19H17N5OS2/c1-23(2)13-7-5-12(6-8-13)10-15-17(20)24-19(21-18(15)25)27-16(22-24)11-14-4-3-9-26-14/h3-10,20H,11H2,1-2H3/b15-10+,20-17?. The molecular weight excluding hydrogens is 378 g/mol. The van der Waals surface area contributed by atoms with Gasteiger partial charge in [-0.3, -0.25) is 10.2 Å². The number of benzene rings is 1. The fraction of sp³-hybridized carbons (Fsp3) is 0.158. The number of rotatable bonds is 4. The molecule has 0 spiro atoms. The zero-order valence-corrected chi connectivity index (χ0v) is 16.5. The van der Waals surface area contributed by atoms with Gasteiger partial charge in [0.1, 0.15) is 5.04 Å². The van der Waals surface area contributed by atoms with Crippen molar-refractivity contribution >= 4 is 56.8 Å². The van der Waals surface area contributed by atoms with Gasteiger partial charge in [-0.2, -0.15) is 15.1 Å². The largest absolute Gasteiger partial charge is 0.378 e. The minimum Gasteiger partial charge on any atom is -0.378 e.